The highest BCUT2D eigenvalue weighted by molar-refractivity contribution is 5.98. The molecule has 0 bridgehead atoms. The zero-order valence-electron chi connectivity index (χ0n) is 11.5. The fourth-order valence-electron chi connectivity index (χ4n) is 2.77. The van der Waals surface area contributed by atoms with Gasteiger partial charge in [-0.2, -0.15) is 10.1 Å². The summed E-state index contributed by atoms with van der Waals surface area (Å²) in [5.74, 6) is -1.03. The van der Waals surface area contributed by atoms with Crippen LogP contribution in [0.5, 0.6) is 0 Å². The molecule has 0 spiro atoms. The number of amides is 1. The molecule has 21 heavy (non-hydrogen) atoms. The molecule has 0 aromatic carbocycles. The number of nitrogens with one attached hydrogen (secondary N) is 1. The van der Waals surface area contributed by atoms with Gasteiger partial charge in [-0.15, -0.1) is 0 Å². The molecule has 0 unspecified atom stereocenters. The van der Waals surface area contributed by atoms with Crippen molar-refractivity contribution in [1.82, 2.24) is 24.9 Å². The second-order valence-electron chi connectivity index (χ2n) is 5.28. The van der Waals surface area contributed by atoms with Gasteiger partial charge in [-0.05, 0) is 19.8 Å². The highest BCUT2D eigenvalue weighted by atomic mass is 16.4. The van der Waals surface area contributed by atoms with Crippen molar-refractivity contribution >= 4 is 17.7 Å². The van der Waals surface area contributed by atoms with Gasteiger partial charge < -0.3 is 10.4 Å². The van der Waals surface area contributed by atoms with Crippen LogP contribution in [0.25, 0.3) is 5.78 Å². The van der Waals surface area contributed by atoms with Gasteiger partial charge in [-0.3, -0.25) is 4.79 Å². The first-order chi connectivity index (χ1) is 10.0. The van der Waals surface area contributed by atoms with Crippen molar-refractivity contribution in [2.24, 2.45) is 0 Å². The highest BCUT2D eigenvalue weighted by Crippen LogP contribution is 2.30. The zero-order chi connectivity index (χ0) is 15.0. The minimum atomic E-state index is -1.17. The molecule has 0 radical (unpaired) electrons. The lowest BCUT2D eigenvalue weighted by molar-refractivity contribution is -0.144. The molecule has 110 valence electrons. The Morgan fingerprint density at radius 2 is 2.05 bits per heavy atom. The molecule has 8 nitrogen and oxygen atoms in total. The van der Waals surface area contributed by atoms with Crippen molar-refractivity contribution in [1.29, 1.82) is 0 Å². The minimum Gasteiger partial charge on any atom is -0.480 e. The lowest BCUT2D eigenvalue weighted by Crippen LogP contribution is -2.52. The Balaban J connectivity index is 1.93. The first-order valence-electron chi connectivity index (χ1n) is 6.75. The van der Waals surface area contributed by atoms with E-state index in [9.17, 15) is 14.7 Å². The molecule has 2 aromatic rings. The van der Waals surface area contributed by atoms with Crippen LogP contribution in [0.15, 0.2) is 12.5 Å². The predicted molar refractivity (Wildman–Crippen MR) is 71.8 cm³/mol. The summed E-state index contributed by atoms with van der Waals surface area (Å²) >= 11 is 0. The number of fused-ring (bicyclic) bond motifs is 1. The summed E-state index contributed by atoms with van der Waals surface area (Å²) in [7, 11) is 0. The standard InChI is InChI=1S/C13H15N5O3/c1-8-9(6-14-12-15-7-16-18(8)12)10(19)17-13(11(20)21)4-2-3-5-13/h6-7H,2-5H2,1H3,(H,17,19)(H,20,21). The number of nitrogens with zero attached hydrogens (tertiary/aromatic N) is 4. The quantitative estimate of drug-likeness (QED) is 0.854. The molecule has 1 fully saturated rings. The Morgan fingerprint density at radius 3 is 2.71 bits per heavy atom. The molecule has 3 rings (SSSR count). The SMILES string of the molecule is Cc1c(C(=O)NC2(C(=O)O)CCCC2)cnc2ncnn12. The third-order valence-electron chi connectivity index (χ3n) is 4.01. The first-order valence-corrected chi connectivity index (χ1v) is 6.75. The van der Waals surface area contributed by atoms with Crippen LogP contribution in [-0.4, -0.2) is 42.1 Å². The Hall–Kier alpha value is -2.51. The van der Waals surface area contributed by atoms with Gasteiger partial charge in [0, 0.05) is 6.20 Å². The minimum absolute atomic E-state index is 0.306. The van der Waals surface area contributed by atoms with Crippen LogP contribution in [0.1, 0.15) is 41.7 Å². The lowest BCUT2D eigenvalue weighted by atomic mass is 9.97. The maximum atomic E-state index is 12.4. The Morgan fingerprint density at radius 1 is 1.33 bits per heavy atom. The maximum absolute atomic E-state index is 12.4. The molecule has 2 N–H and O–H groups in total. The summed E-state index contributed by atoms with van der Waals surface area (Å²) in [5, 5.41) is 16.1. The van der Waals surface area contributed by atoms with Crippen LogP contribution < -0.4 is 5.32 Å². The molecular formula is C13H15N5O3. The molecule has 1 aliphatic carbocycles. The van der Waals surface area contributed by atoms with E-state index in [2.05, 4.69) is 20.4 Å². The number of carboxylic acid groups (broad SMARTS) is 1. The van der Waals surface area contributed by atoms with E-state index in [1.165, 1.54) is 17.0 Å². The average molecular weight is 289 g/mol. The average Bonchev–Trinajstić information content (AvgIpc) is 3.08. The van der Waals surface area contributed by atoms with E-state index in [0.29, 0.717) is 29.9 Å². The Bertz CT molecular complexity index is 718. The third kappa shape index (κ3) is 2.12. The van der Waals surface area contributed by atoms with Crippen molar-refractivity contribution < 1.29 is 14.7 Å². The molecule has 8 heteroatoms. The van der Waals surface area contributed by atoms with Crippen LogP contribution in [0, 0.1) is 6.92 Å². The second-order valence-corrected chi connectivity index (χ2v) is 5.28. The van der Waals surface area contributed by atoms with Crippen LogP contribution in [0.3, 0.4) is 0 Å². The molecule has 2 aromatic heterocycles. The number of rotatable bonds is 3. The van der Waals surface area contributed by atoms with E-state index in [0.717, 1.165) is 12.8 Å². The summed E-state index contributed by atoms with van der Waals surface area (Å²) in [4.78, 5) is 31.9. The number of carbonyl (C=O) groups is 2. The van der Waals surface area contributed by atoms with Crippen LogP contribution >= 0.6 is 0 Å². The van der Waals surface area contributed by atoms with Crippen molar-refractivity contribution in [3.8, 4) is 0 Å². The molecule has 1 amide bonds. The van der Waals surface area contributed by atoms with Gasteiger partial charge in [0.05, 0.1) is 11.3 Å². The first kappa shape index (κ1) is 13.5. The van der Waals surface area contributed by atoms with Gasteiger partial charge in [0.1, 0.15) is 11.9 Å². The molecule has 0 atom stereocenters. The van der Waals surface area contributed by atoms with Crippen molar-refractivity contribution in [3.05, 3.63) is 23.8 Å². The smallest absolute Gasteiger partial charge is 0.329 e. The van der Waals surface area contributed by atoms with Gasteiger partial charge in [0.15, 0.2) is 0 Å². The number of carboxylic acids is 1. The van der Waals surface area contributed by atoms with E-state index in [-0.39, 0.29) is 0 Å². The molecule has 1 aliphatic rings. The molecular weight excluding hydrogens is 274 g/mol. The number of carbonyl (C=O) groups excluding carboxylic acids is 1. The Labute approximate surface area is 120 Å². The molecule has 1 saturated carbocycles. The van der Waals surface area contributed by atoms with Crippen LogP contribution in [-0.2, 0) is 4.79 Å². The number of aromatic nitrogens is 4. The Kier molecular flexibility index (Phi) is 3.08. The number of hydrogen-bond donors (Lipinski definition) is 2. The van der Waals surface area contributed by atoms with E-state index >= 15 is 0 Å². The van der Waals surface area contributed by atoms with Crippen LogP contribution in [0.4, 0.5) is 0 Å². The van der Waals surface area contributed by atoms with Gasteiger partial charge in [0.25, 0.3) is 11.7 Å². The summed E-state index contributed by atoms with van der Waals surface area (Å²) in [6.45, 7) is 1.72. The third-order valence-corrected chi connectivity index (χ3v) is 4.01. The number of aliphatic carboxylic acids is 1. The van der Waals surface area contributed by atoms with Crippen LogP contribution in [0.2, 0.25) is 0 Å². The summed E-state index contributed by atoms with van der Waals surface area (Å²) in [6.07, 6.45) is 5.25. The van der Waals surface area contributed by atoms with Crippen molar-refractivity contribution in [3.63, 3.8) is 0 Å². The number of aryl methyl sites for hydroxylation is 1. The summed E-state index contributed by atoms with van der Waals surface area (Å²) in [5.41, 5.74) is -0.282. The maximum Gasteiger partial charge on any atom is 0.329 e. The van der Waals surface area contributed by atoms with E-state index < -0.39 is 17.4 Å². The molecule has 2 heterocycles. The van der Waals surface area contributed by atoms with Crippen molar-refractivity contribution in [2.45, 2.75) is 38.1 Å². The van der Waals surface area contributed by atoms with E-state index in [4.69, 9.17) is 0 Å². The molecule has 0 saturated heterocycles. The van der Waals surface area contributed by atoms with Gasteiger partial charge >= 0.3 is 5.97 Å². The fourth-order valence-corrected chi connectivity index (χ4v) is 2.77. The van der Waals surface area contributed by atoms with Gasteiger partial charge in [-0.25, -0.2) is 14.3 Å². The van der Waals surface area contributed by atoms with Gasteiger partial charge in [0.2, 0.25) is 0 Å². The van der Waals surface area contributed by atoms with Gasteiger partial charge in [-0.1, -0.05) is 12.8 Å². The monoisotopic (exact) mass is 289 g/mol. The van der Waals surface area contributed by atoms with E-state index in [1.807, 2.05) is 0 Å². The largest absolute Gasteiger partial charge is 0.480 e. The van der Waals surface area contributed by atoms with Crippen molar-refractivity contribution in [2.75, 3.05) is 0 Å². The summed E-state index contributed by atoms with van der Waals surface area (Å²) < 4.78 is 1.46. The topological polar surface area (TPSA) is 109 Å². The highest BCUT2D eigenvalue weighted by Gasteiger charge is 2.43. The lowest BCUT2D eigenvalue weighted by Gasteiger charge is -2.25. The normalized spacial score (nSPS) is 17.0. The second kappa shape index (κ2) is 4.80. The predicted octanol–water partition coefficient (Wildman–Crippen LogP) is 0.560. The molecule has 0 aliphatic heterocycles. The zero-order valence-corrected chi connectivity index (χ0v) is 11.5. The fraction of sp³-hybridized carbons (Fsp3) is 0.462. The number of hydrogen-bond acceptors (Lipinski definition) is 5. The summed E-state index contributed by atoms with van der Waals surface area (Å²) in [6, 6.07) is 0. The van der Waals surface area contributed by atoms with E-state index in [1.54, 1.807) is 6.92 Å².